The Balaban J connectivity index is 1.43. The zero-order chi connectivity index (χ0) is 19.5. The Labute approximate surface area is 165 Å². The minimum absolute atomic E-state index is 0.118. The van der Waals surface area contributed by atoms with Gasteiger partial charge in [0.2, 0.25) is 0 Å². The molecule has 1 aliphatic heterocycles. The number of nitrogens with one attached hydrogen (secondary N) is 1. The quantitative estimate of drug-likeness (QED) is 0.697. The van der Waals surface area contributed by atoms with Crippen LogP contribution in [0, 0.1) is 0 Å². The average Bonchev–Trinajstić information content (AvgIpc) is 3.13. The van der Waals surface area contributed by atoms with Crippen LogP contribution in [0.2, 0.25) is 0 Å². The standard InChI is InChI=1S/C23H23N3O2/c1-16(2)28-20-10-8-19(9-11-20)25-23(27)18-7-12-22(24-15-18)26-14-13-17-5-3-4-6-21(17)26/h3-12,15-16H,13-14H2,1-2H3,(H,25,27). The maximum Gasteiger partial charge on any atom is 0.257 e. The molecule has 0 unspecified atom stereocenters. The largest absolute Gasteiger partial charge is 0.491 e. The topological polar surface area (TPSA) is 54.5 Å². The first-order valence-corrected chi connectivity index (χ1v) is 9.50. The second-order valence-electron chi connectivity index (χ2n) is 7.08. The summed E-state index contributed by atoms with van der Waals surface area (Å²) >= 11 is 0. The number of nitrogens with zero attached hydrogens (tertiary/aromatic N) is 2. The third kappa shape index (κ3) is 3.83. The van der Waals surface area contributed by atoms with E-state index in [2.05, 4.69) is 33.4 Å². The van der Waals surface area contributed by atoms with Crippen LogP contribution in [0.1, 0.15) is 29.8 Å². The van der Waals surface area contributed by atoms with Crippen LogP contribution in [0.5, 0.6) is 5.75 Å². The van der Waals surface area contributed by atoms with Gasteiger partial charge in [-0.15, -0.1) is 0 Å². The van der Waals surface area contributed by atoms with Gasteiger partial charge in [-0.25, -0.2) is 4.98 Å². The molecule has 0 saturated heterocycles. The number of aromatic nitrogens is 1. The van der Waals surface area contributed by atoms with E-state index in [9.17, 15) is 4.79 Å². The molecule has 0 fully saturated rings. The van der Waals surface area contributed by atoms with Crippen LogP contribution in [-0.4, -0.2) is 23.5 Å². The Morgan fingerprint density at radius 3 is 2.57 bits per heavy atom. The fraction of sp³-hybridized carbons (Fsp3) is 0.217. The van der Waals surface area contributed by atoms with Gasteiger partial charge in [-0.1, -0.05) is 18.2 Å². The van der Waals surface area contributed by atoms with Gasteiger partial charge in [-0.2, -0.15) is 0 Å². The highest BCUT2D eigenvalue weighted by Gasteiger charge is 2.20. The van der Waals surface area contributed by atoms with E-state index in [1.165, 1.54) is 11.3 Å². The minimum Gasteiger partial charge on any atom is -0.491 e. The number of hydrogen-bond acceptors (Lipinski definition) is 4. The van der Waals surface area contributed by atoms with Gasteiger partial charge in [0.05, 0.1) is 11.7 Å². The van der Waals surface area contributed by atoms with E-state index in [1.807, 2.05) is 56.3 Å². The number of amides is 1. The molecular weight excluding hydrogens is 350 g/mol. The van der Waals surface area contributed by atoms with Crippen molar-refractivity contribution in [3.05, 3.63) is 78.0 Å². The number of rotatable bonds is 5. The molecule has 0 saturated carbocycles. The van der Waals surface area contributed by atoms with E-state index in [-0.39, 0.29) is 12.0 Å². The number of para-hydroxylation sites is 1. The molecule has 4 rings (SSSR count). The molecule has 5 nitrogen and oxygen atoms in total. The summed E-state index contributed by atoms with van der Waals surface area (Å²) in [5.41, 5.74) is 3.77. The first-order chi connectivity index (χ1) is 13.6. The molecule has 0 spiro atoms. The summed E-state index contributed by atoms with van der Waals surface area (Å²) in [5.74, 6) is 1.46. The van der Waals surface area contributed by atoms with E-state index in [0.717, 1.165) is 30.2 Å². The molecule has 0 radical (unpaired) electrons. The molecule has 1 amide bonds. The van der Waals surface area contributed by atoms with Gasteiger partial charge in [0.1, 0.15) is 11.6 Å². The third-order valence-electron chi connectivity index (χ3n) is 4.66. The van der Waals surface area contributed by atoms with Crippen molar-refractivity contribution >= 4 is 23.1 Å². The molecule has 2 aromatic carbocycles. The lowest BCUT2D eigenvalue weighted by atomic mass is 10.2. The molecule has 3 aromatic rings. The molecule has 1 aliphatic rings. The number of carbonyl (C=O) groups excluding carboxylic acids is 1. The van der Waals surface area contributed by atoms with Gasteiger partial charge in [0, 0.05) is 24.1 Å². The van der Waals surface area contributed by atoms with Crippen LogP contribution in [0.25, 0.3) is 0 Å². The SMILES string of the molecule is CC(C)Oc1ccc(NC(=O)c2ccc(N3CCc4ccccc43)nc2)cc1. The molecular formula is C23H23N3O2. The van der Waals surface area contributed by atoms with Crippen LogP contribution >= 0.6 is 0 Å². The summed E-state index contributed by atoms with van der Waals surface area (Å²) in [6.07, 6.45) is 2.76. The molecule has 28 heavy (non-hydrogen) atoms. The molecule has 0 bridgehead atoms. The summed E-state index contributed by atoms with van der Waals surface area (Å²) < 4.78 is 5.62. The Kier molecular flexibility index (Phi) is 4.98. The number of hydrogen-bond donors (Lipinski definition) is 1. The molecule has 2 heterocycles. The molecule has 1 N–H and O–H groups in total. The van der Waals surface area contributed by atoms with Gasteiger partial charge in [-0.05, 0) is 68.3 Å². The summed E-state index contributed by atoms with van der Waals surface area (Å²) in [5, 5.41) is 2.90. The normalized spacial score (nSPS) is 12.8. The number of pyridine rings is 1. The lowest BCUT2D eigenvalue weighted by Crippen LogP contribution is -2.16. The van der Waals surface area contributed by atoms with Crippen molar-refractivity contribution in [3.8, 4) is 5.75 Å². The van der Waals surface area contributed by atoms with E-state index >= 15 is 0 Å². The highest BCUT2D eigenvalue weighted by atomic mass is 16.5. The summed E-state index contributed by atoms with van der Waals surface area (Å²) in [6, 6.07) is 19.4. The summed E-state index contributed by atoms with van der Waals surface area (Å²) in [4.78, 5) is 19.2. The van der Waals surface area contributed by atoms with Crippen LogP contribution in [-0.2, 0) is 6.42 Å². The van der Waals surface area contributed by atoms with Crippen molar-refractivity contribution in [1.29, 1.82) is 0 Å². The summed E-state index contributed by atoms with van der Waals surface area (Å²) in [6.45, 7) is 4.86. The fourth-order valence-electron chi connectivity index (χ4n) is 3.35. The molecule has 142 valence electrons. The molecule has 5 heteroatoms. The molecule has 1 aromatic heterocycles. The first kappa shape index (κ1) is 18.0. The zero-order valence-electron chi connectivity index (χ0n) is 16.1. The van der Waals surface area contributed by atoms with Gasteiger partial charge in [0.25, 0.3) is 5.91 Å². The maximum atomic E-state index is 12.5. The lowest BCUT2D eigenvalue weighted by molar-refractivity contribution is 0.102. The number of fused-ring (bicyclic) bond motifs is 1. The van der Waals surface area contributed by atoms with Gasteiger partial charge in [0.15, 0.2) is 0 Å². The Morgan fingerprint density at radius 2 is 1.86 bits per heavy atom. The van der Waals surface area contributed by atoms with E-state index in [1.54, 1.807) is 6.20 Å². The highest BCUT2D eigenvalue weighted by molar-refractivity contribution is 6.04. The van der Waals surface area contributed by atoms with Gasteiger partial charge in [-0.3, -0.25) is 4.79 Å². The van der Waals surface area contributed by atoms with Crippen molar-refractivity contribution in [2.75, 3.05) is 16.8 Å². The fourth-order valence-corrected chi connectivity index (χ4v) is 3.35. The van der Waals surface area contributed by atoms with Crippen molar-refractivity contribution in [2.24, 2.45) is 0 Å². The van der Waals surface area contributed by atoms with Crippen molar-refractivity contribution in [1.82, 2.24) is 4.98 Å². The zero-order valence-corrected chi connectivity index (χ0v) is 16.1. The number of anilines is 3. The van der Waals surface area contributed by atoms with Crippen LogP contribution in [0.4, 0.5) is 17.2 Å². The smallest absolute Gasteiger partial charge is 0.257 e. The highest BCUT2D eigenvalue weighted by Crippen LogP contribution is 2.33. The maximum absolute atomic E-state index is 12.5. The predicted molar refractivity (Wildman–Crippen MR) is 112 cm³/mol. The second kappa shape index (κ2) is 7.72. The third-order valence-corrected chi connectivity index (χ3v) is 4.66. The van der Waals surface area contributed by atoms with Crippen molar-refractivity contribution in [3.63, 3.8) is 0 Å². The molecule has 0 aliphatic carbocycles. The Morgan fingerprint density at radius 1 is 1.07 bits per heavy atom. The van der Waals surface area contributed by atoms with Crippen molar-refractivity contribution < 1.29 is 9.53 Å². The second-order valence-corrected chi connectivity index (χ2v) is 7.08. The van der Waals surface area contributed by atoms with Gasteiger partial charge >= 0.3 is 0 Å². The summed E-state index contributed by atoms with van der Waals surface area (Å²) in [7, 11) is 0. The Hall–Kier alpha value is -3.34. The molecule has 0 atom stereocenters. The van der Waals surface area contributed by atoms with E-state index in [0.29, 0.717) is 5.56 Å². The van der Waals surface area contributed by atoms with Crippen LogP contribution < -0.4 is 15.0 Å². The van der Waals surface area contributed by atoms with Gasteiger partial charge < -0.3 is 15.0 Å². The number of carbonyl (C=O) groups is 1. The predicted octanol–water partition coefficient (Wildman–Crippen LogP) is 4.82. The van der Waals surface area contributed by atoms with E-state index < -0.39 is 0 Å². The van der Waals surface area contributed by atoms with Crippen LogP contribution in [0.3, 0.4) is 0 Å². The monoisotopic (exact) mass is 373 g/mol. The van der Waals surface area contributed by atoms with Crippen molar-refractivity contribution in [2.45, 2.75) is 26.4 Å². The minimum atomic E-state index is -0.182. The average molecular weight is 373 g/mol. The lowest BCUT2D eigenvalue weighted by Gasteiger charge is -2.18. The van der Waals surface area contributed by atoms with E-state index in [4.69, 9.17) is 4.74 Å². The Bertz CT molecular complexity index is 966. The first-order valence-electron chi connectivity index (χ1n) is 9.50. The number of benzene rings is 2. The number of ether oxygens (including phenoxy) is 1. The van der Waals surface area contributed by atoms with Crippen LogP contribution in [0.15, 0.2) is 66.9 Å².